The Bertz CT molecular complexity index is 362. The van der Waals surface area contributed by atoms with Crippen molar-refractivity contribution < 1.29 is 4.79 Å². The van der Waals surface area contributed by atoms with E-state index >= 15 is 0 Å². The summed E-state index contributed by atoms with van der Waals surface area (Å²) in [5, 5.41) is 0.846. The van der Waals surface area contributed by atoms with E-state index in [0.29, 0.717) is 5.91 Å². The van der Waals surface area contributed by atoms with Gasteiger partial charge in [0.2, 0.25) is 5.91 Å². The summed E-state index contributed by atoms with van der Waals surface area (Å²) >= 11 is 3.43. The molecule has 1 fully saturated rings. The Morgan fingerprint density at radius 1 is 1.29 bits per heavy atom. The summed E-state index contributed by atoms with van der Waals surface area (Å²) in [5.74, 6) is 0.623. The van der Waals surface area contributed by atoms with Gasteiger partial charge in [0, 0.05) is 24.3 Å². The molecule has 1 aliphatic rings. The van der Waals surface area contributed by atoms with Crippen molar-refractivity contribution in [2.75, 3.05) is 11.9 Å². The van der Waals surface area contributed by atoms with Crippen LogP contribution < -0.4 is 0 Å². The smallest absolute Gasteiger partial charge is 0.226 e. The highest BCUT2D eigenvalue weighted by Gasteiger charge is 2.29. The van der Waals surface area contributed by atoms with Gasteiger partial charge in [0.1, 0.15) is 0 Å². The van der Waals surface area contributed by atoms with Crippen LogP contribution in [0.15, 0.2) is 30.3 Å². The Morgan fingerprint density at radius 3 is 2.53 bits per heavy atom. The second kappa shape index (κ2) is 6.20. The first-order chi connectivity index (χ1) is 8.31. The van der Waals surface area contributed by atoms with Gasteiger partial charge in [-0.1, -0.05) is 52.7 Å². The van der Waals surface area contributed by atoms with E-state index in [1.165, 1.54) is 12.0 Å². The molecule has 0 spiro atoms. The summed E-state index contributed by atoms with van der Waals surface area (Å²) in [6, 6.07) is 10.2. The third-order valence-corrected chi connectivity index (χ3v) is 3.69. The van der Waals surface area contributed by atoms with Gasteiger partial charge in [0.25, 0.3) is 0 Å². The van der Waals surface area contributed by atoms with Crippen LogP contribution in [0.4, 0.5) is 0 Å². The molecule has 0 radical (unpaired) electrons. The van der Waals surface area contributed by atoms with Gasteiger partial charge >= 0.3 is 0 Å². The maximum absolute atomic E-state index is 12.2. The van der Waals surface area contributed by atoms with Crippen molar-refractivity contribution in [1.82, 2.24) is 4.90 Å². The fourth-order valence-corrected chi connectivity index (χ4v) is 2.51. The van der Waals surface area contributed by atoms with Gasteiger partial charge in [0.05, 0.1) is 0 Å². The fourth-order valence-electron chi connectivity index (χ4n) is 2.09. The minimum Gasteiger partial charge on any atom is -0.337 e. The van der Waals surface area contributed by atoms with E-state index in [2.05, 4.69) is 28.1 Å². The van der Waals surface area contributed by atoms with Gasteiger partial charge in [-0.05, 0) is 18.4 Å². The van der Waals surface area contributed by atoms with E-state index in [4.69, 9.17) is 0 Å². The van der Waals surface area contributed by atoms with Crippen LogP contribution in [-0.2, 0) is 11.3 Å². The molecular formula is C14H18BrNO. The largest absolute Gasteiger partial charge is 0.337 e. The number of carbonyl (C=O) groups is 1. The molecule has 0 aliphatic heterocycles. The van der Waals surface area contributed by atoms with Crippen molar-refractivity contribution in [2.45, 2.75) is 25.8 Å². The Labute approximate surface area is 111 Å². The predicted molar refractivity (Wildman–Crippen MR) is 73.0 cm³/mol. The Morgan fingerprint density at radius 2 is 2.00 bits per heavy atom. The van der Waals surface area contributed by atoms with Crippen LogP contribution in [0.25, 0.3) is 0 Å². The average Bonchev–Trinajstić information content (AvgIpc) is 2.27. The number of hydrogen-bond acceptors (Lipinski definition) is 1. The highest BCUT2D eigenvalue weighted by molar-refractivity contribution is 9.09. The van der Waals surface area contributed by atoms with Gasteiger partial charge in [-0.2, -0.15) is 0 Å². The number of hydrogen-bond donors (Lipinski definition) is 0. The standard InChI is InChI=1S/C14H18BrNO/c15-9-10-16(14(17)13-7-4-8-13)11-12-5-2-1-3-6-12/h1-3,5-6,13H,4,7-11H2. The lowest BCUT2D eigenvalue weighted by molar-refractivity contribution is -0.138. The molecule has 3 heteroatoms. The third kappa shape index (κ3) is 3.32. The van der Waals surface area contributed by atoms with Crippen LogP contribution in [0.2, 0.25) is 0 Å². The van der Waals surface area contributed by atoms with Gasteiger partial charge in [-0.3, -0.25) is 4.79 Å². The van der Waals surface area contributed by atoms with Crippen LogP contribution >= 0.6 is 15.9 Å². The molecule has 1 amide bonds. The molecule has 0 saturated heterocycles. The van der Waals surface area contributed by atoms with Crippen LogP contribution in [0, 0.1) is 5.92 Å². The normalized spacial score (nSPS) is 15.4. The van der Waals surface area contributed by atoms with Gasteiger partial charge in [0.15, 0.2) is 0 Å². The van der Waals surface area contributed by atoms with Crippen molar-refractivity contribution in [1.29, 1.82) is 0 Å². The molecule has 0 atom stereocenters. The molecular weight excluding hydrogens is 278 g/mol. The molecule has 0 aromatic heterocycles. The van der Waals surface area contributed by atoms with Crippen molar-refractivity contribution in [3.8, 4) is 0 Å². The molecule has 92 valence electrons. The van der Waals surface area contributed by atoms with Gasteiger partial charge in [-0.25, -0.2) is 0 Å². The van der Waals surface area contributed by atoms with Crippen molar-refractivity contribution in [3.05, 3.63) is 35.9 Å². The molecule has 0 N–H and O–H groups in total. The summed E-state index contributed by atoms with van der Waals surface area (Å²) in [7, 11) is 0. The maximum atomic E-state index is 12.2. The number of nitrogens with zero attached hydrogens (tertiary/aromatic N) is 1. The summed E-state index contributed by atoms with van der Waals surface area (Å²) in [6.07, 6.45) is 3.36. The average molecular weight is 296 g/mol. The minimum atomic E-state index is 0.290. The van der Waals surface area contributed by atoms with Crippen LogP contribution in [0.5, 0.6) is 0 Å². The number of alkyl halides is 1. The SMILES string of the molecule is O=C(C1CCC1)N(CCBr)Cc1ccccc1. The van der Waals surface area contributed by atoms with Gasteiger partial charge in [-0.15, -0.1) is 0 Å². The quantitative estimate of drug-likeness (QED) is 0.764. The Balaban J connectivity index is 1.99. The van der Waals surface area contributed by atoms with Crippen LogP contribution in [0.1, 0.15) is 24.8 Å². The van der Waals surface area contributed by atoms with Crippen molar-refractivity contribution in [2.24, 2.45) is 5.92 Å². The first-order valence-corrected chi connectivity index (χ1v) is 7.32. The van der Waals surface area contributed by atoms with Crippen LogP contribution in [-0.4, -0.2) is 22.7 Å². The zero-order valence-corrected chi connectivity index (χ0v) is 11.5. The summed E-state index contributed by atoms with van der Waals surface area (Å²) in [5.41, 5.74) is 1.21. The minimum absolute atomic E-state index is 0.290. The second-order valence-electron chi connectivity index (χ2n) is 4.56. The van der Waals surface area contributed by atoms with E-state index in [1.54, 1.807) is 0 Å². The lowest BCUT2D eigenvalue weighted by atomic mass is 9.84. The Hall–Kier alpha value is -0.830. The zero-order chi connectivity index (χ0) is 12.1. The second-order valence-corrected chi connectivity index (χ2v) is 5.36. The topological polar surface area (TPSA) is 20.3 Å². The number of amides is 1. The molecule has 0 unspecified atom stereocenters. The number of carbonyl (C=O) groups excluding carboxylic acids is 1. The molecule has 0 bridgehead atoms. The highest BCUT2D eigenvalue weighted by Crippen LogP contribution is 2.28. The predicted octanol–water partition coefficient (Wildman–Crippen LogP) is 3.21. The van der Waals surface area contributed by atoms with Crippen LogP contribution in [0.3, 0.4) is 0 Å². The van der Waals surface area contributed by atoms with E-state index in [0.717, 1.165) is 31.3 Å². The van der Waals surface area contributed by atoms with Gasteiger partial charge < -0.3 is 4.90 Å². The lowest BCUT2D eigenvalue weighted by Gasteiger charge is -2.31. The lowest BCUT2D eigenvalue weighted by Crippen LogP contribution is -2.39. The molecule has 1 aliphatic carbocycles. The van der Waals surface area contributed by atoms with E-state index in [9.17, 15) is 4.79 Å². The number of halogens is 1. The molecule has 17 heavy (non-hydrogen) atoms. The maximum Gasteiger partial charge on any atom is 0.226 e. The first kappa shape index (κ1) is 12.6. The molecule has 2 nitrogen and oxygen atoms in total. The number of rotatable bonds is 5. The monoisotopic (exact) mass is 295 g/mol. The van der Waals surface area contributed by atoms with E-state index in [1.807, 2.05) is 23.1 Å². The molecule has 1 saturated carbocycles. The zero-order valence-electron chi connectivity index (χ0n) is 9.94. The summed E-state index contributed by atoms with van der Waals surface area (Å²) < 4.78 is 0. The van der Waals surface area contributed by atoms with Crippen molar-refractivity contribution >= 4 is 21.8 Å². The van der Waals surface area contributed by atoms with Crippen molar-refractivity contribution in [3.63, 3.8) is 0 Å². The Kier molecular flexibility index (Phi) is 4.60. The van der Waals surface area contributed by atoms with E-state index < -0.39 is 0 Å². The summed E-state index contributed by atoms with van der Waals surface area (Å²) in [4.78, 5) is 14.2. The third-order valence-electron chi connectivity index (χ3n) is 3.34. The molecule has 0 heterocycles. The highest BCUT2D eigenvalue weighted by atomic mass is 79.9. The molecule has 2 rings (SSSR count). The molecule has 1 aromatic rings. The number of benzene rings is 1. The van der Waals surface area contributed by atoms with E-state index in [-0.39, 0.29) is 5.92 Å². The molecule has 1 aromatic carbocycles. The summed E-state index contributed by atoms with van der Waals surface area (Å²) in [6.45, 7) is 1.53. The first-order valence-electron chi connectivity index (χ1n) is 6.20. The fraction of sp³-hybridized carbons (Fsp3) is 0.500.